The molecule has 1 atom stereocenters. The highest BCUT2D eigenvalue weighted by molar-refractivity contribution is 5.97. The van der Waals surface area contributed by atoms with Crippen LogP contribution in [-0.2, 0) is 14.3 Å². The molecule has 1 heterocycles. The highest BCUT2D eigenvalue weighted by atomic mass is 16.5. The maximum Gasteiger partial charge on any atom is 0.346 e. The number of carbonyl (C=O) groups is 2. The quantitative estimate of drug-likeness (QED) is 0.727. The van der Waals surface area contributed by atoms with E-state index >= 15 is 0 Å². The molecule has 1 amide bonds. The molecule has 7 heteroatoms. The second-order valence-corrected chi connectivity index (χ2v) is 4.26. The van der Waals surface area contributed by atoms with E-state index in [1.54, 1.807) is 24.3 Å². The van der Waals surface area contributed by atoms with Crippen molar-refractivity contribution >= 4 is 17.6 Å². The van der Waals surface area contributed by atoms with Gasteiger partial charge in [-0.2, -0.15) is 0 Å². The van der Waals surface area contributed by atoms with Crippen LogP contribution < -0.4 is 15.4 Å². The first-order valence-corrected chi connectivity index (χ1v) is 6.20. The van der Waals surface area contributed by atoms with Crippen LogP contribution in [0.5, 0.6) is 5.75 Å². The number of nitrogens with two attached hydrogens (primary N) is 1. The Hall–Kier alpha value is -2.12. The minimum absolute atomic E-state index is 0.0445. The molecule has 1 aromatic carbocycles. The van der Waals surface area contributed by atoms with E-state index in [2.05, 4.69) is 0 Å². The average Bonchev–Trinajstić information content (AvgIpc) is 2.46. The zero-order valence-electron chi connectivity index (χ0n) is 10.8. The smallest absolute Gasteiger partial charge is 0.346 e. The van der Waals surface area contributed by atoms with Crippen molar-refractivity contribution in [3.8, 4) is 5.75 Å². The Labute approximate surface area is 115 Å². The zero-order chi connectivity index (χ0) is 14.5. The lowest BCUT2D eigenvalue weighted by molar-refractivity contribution is -0.145. The zero-order valence-corrected chi connectivity index (χ0v) is 10.8. The number of amides is 1. The Balaban J connectivity index is 2.18. The molecule has 7 nitrogen and oxygen atoms in total. The van der Waals surface area contributed by atoms with Crippen LogP contribution in [0.3, 0.4) is 0 Å². The molecule has 108 valence electrons. The number of hydrogen-bond donors (Lipinski definition) is 2. The topological polar surface area (TPSA) is 102 Å². The molecule has 0 fully saturated rings. The number of carboxylic acids is 1. The van der Waals surface area contributed by atoms with Crippen molar-refractivity contribution in [1.29, 1.82) is 0 Å². The summed E-state index contributed by atoms with van der Waals surface area (Å²) in [4.78, 5) is 24.6. The second kappa shape index (κ2) is 6.36. The van der Waals surface area contributed by atoms with Crippen LogP contribution >= 0.6 is 0 Å². The van der Waals surface area contributed by atoms with Crippen molar-refractivity contribution in [2.75, 3.05) is 31.2 Å². The van der Waals surface area contributed by atoms with Crippen molar-refractivity contribution in [3.05, 3.63) is 24.3 Å². The van der Waals surface area contributed by atoms with Gasteiger partial charge in [-0.15, -0.1) is 0 Å². The molecule has 0 bridgehead atoms. The molecular formula is C13H16N2O5. The molecule has 1 aromatic rings. The standard InChI is InChI=1S/C13H16N2O5/c14-5-6-19-8-12(16)15-7-11(13(17)18)20-10-4-2-1-3-9(10)15/h1-4,11H,5-8,14H2,(H,17,18). The van der Waals surface area contributed by atoms with E-state index in [0.717, 1.165) is 0 Å². The molecule has 2 rings (SSSR count). The van der Waals surface area contributed by atoms with Gasteiger partial charge in [0.2, 0.25) is 6.10 Å². The Kier molecular flexibility index (Phi) is 4.54. The van der Waals surface area contributed by atoms with Gasteiger partial charge in [0.1, 0.15) is 12.4 Å². The van der Waals surface area contributed by atoms with Gasteiger partial charge in [-0.3, -0.25) is 4.79 Å². The van der Waals surface area contributed by atoms with Gasteiger partial charge in [-0.05, 0) is 12.1 Å². The predicted octanol–water partition coefficient (Wildman–Crippen LogP) is -0.159. The second-order valence-electron chi connectivity index (χ2n) is 4.26. The first-order valence-electron chi connectivity index (χ1n) is 6.20. The minimum atomic E-state index is -1.11. The Morgan fingerprint density at radius 1 is 1.45 bits per heavy atom. The average molecular weight is 280 g/mol. The molecule has 1 aliphatic heterocycles. The minimum Gasteiger partial charge on any atom is -0.478 e. The van der Waals surface area contributed by atoms with Crippen LogP contribution in [0.4, 0.5) is 5.69 Å². The number of hydrogen-bond acceptors (Lipinski definition) is 5. The Morgan fingerprint density at radius 2 is 2.20 bits per heavy atom. The Morgan fingerprint density at radius 3 is 2.90 bits per heavy atom. The highest BCUT2D eigenvalue weighted by Gasteiger charge is 2.33. The first-order chi connectivity index (χ1) is 9.63. The molecule has 0 saturated carbocycles. The number of aliphatic carboxylic acids is 1. The molecule has 0 aromatic heterocycles. The van der Waals surface area contributed by atoms with E-state index in [9.17, 15) is 9.59 Å². The van der Waals surface area contributed by atoms with Gasteiger partial charge in [0.05, 0.1) is 18.8 Å². The lowest BCUT2D eigenvalue weighted by Crippen LogP contribution is -2.48. The van der Waals surface area contributed by atoms with Crippen molar-refractivity contribution in [1.82, 2.24) is 0 Å². The van der Waals surface area contributed by atoms with Gasteiger partial charge in [0.25, 0.3) is 5.91 Å². The van der Waals surface area contributed by atoms with Gasteiger partial charge in [-0.25, -0.2) is 4.79 Å². The number of anilines is 1. The van der Waals surface area contributed by atoms with Gasteiger partial charge in [0, 0.05) is 6.54 Å². The van der Waals surface area contributed by atoms with Crippen LogP contribution in [0.15, 0.2) is 24.3 Å². The lowest BCUT2D eigenvalue weighted by Gasteiger charge is -2.32. The molecular weight excluding hydrogens is 264 g/mol. The van der Waals surface area contributed by atoms with Gasteiger partial charge >= 0.3 is 5.97 Å². The van der Waals surface area contributed by atoms with E-state index in [0.29, 0.717) is 18.0 Å². The molecule has 3 N–H and O–H groups in total. The molecule has 1 unspecified atom stereocenters. The summed E-state index contributed by atoms with van der Waals surface area (Å²) in [7, 11) is 0. The third-order valence-electron chi connectivity index (χ3n) is 2.84. The number of rotatable bonds is 5. The molecule has 0 radical (unpaired) electrons. The molecule has 0 aliphatic carbocycles. The van der Waals surface area contributed by atoms with Crippen LogP contribution in [-0.4, -0.2) is 49.4 Å². The summed E-state index contributed by atoms with van der Waals surface area (Å²) in [5.74, 6) is -1.06. The predicted molar refractivity (Wildman–Crippen MR) is 70.7 cm³/mol. The fourth-order valence-corrected chi connectivity index (χ4v) is 1.92. The van der Waals surface area contributed by atoms with Crippen LogP contribution in [0.1, 0.15) is 0 Å². The third-order valence-corrected chi connectivity index (χ3v) is 2.84. The molecule has 20 heavy (non-hydrogen) atoms. The summed E-state index contributed by atoms with van der Waals surface area (Å²) in [5, 5.41) is 9.07. The van der Waals surface area contributed by atoms with Gasteiger partial charge in [-0.1, -0.05) is 12.1 Å². The van der Waals surface area contributed by atoms with E-state index in [4.69, 9.17) is 20.3 Å². The number of benzene rings is 1. The largest absolute Gasteiger partial charge is 0.478 e. The van der Waals surface area contributed by atoms with E-state index in [1.165, 1.54) is 4.90 Å². The van der Waals surface area contributed by atoms with E-state index < -0.39 is 12.1 Å². The maximum atomic E-state index is 12.1. The van der Waals surface area contributed by atoms with Crippen LogP contribution in [0, 0.1) is 0 Å². The monoisotopic (exact) mass is 280 g/mol. The van der Waals surface area contributed by atoms with Crippen LogP contribution in [0.2, 0.25) is 0 Å². The third kappa shape index (κ3) is 3.06. The fourth-order valence-electron chi connectivity index (χ4n) is 1.92. The van der Waals surface area contributed by atoms with Crippen molar-refractivity contribution in [3.63, 3.8) is 0 Å². The number of nitrogens with zero attached hydrogens (tertiary/aromatic N) is 1. The number of para-hydroxylation sites is 2. The molecule has 1 aliphatic rings. The SMILES string of the molecule is NCCOCC(=O)N1CC(C(=O)O)Oc2ccccc21. The number of fused-ring (bicyclic) bond motifs is 1. The number of ether oxygens (including phenoxy) is 2. The maximum absolute atomic E-state index is 12.1. The summed E-state index contributed by atoms with van der Waals surface area (Å²) in [6, 6.07) is 6.81. The van der Waals surface area contributed by atoms with Crippen molar-refractivity contribution in [2.24, 2.45) is 5.73 Å². The van der Waals surface area contributed by atoms with Crippen molar-refractivity contribution < 1.29 is 24.2 Å². The lowest BCUT2D eigenvalue weighted by atomic mass is 10.2. The normalized spacial score (nSPS) is 17.2. The summed E-state index contributed by atoms with van der Waals surface area (Å²) in [6.45, 7) is 0.417. The highest BCUT2D eigenvalue weighted by Crippen LogP contribution is 2.33. The summed E-state index contributed by atoms with van der Waals surface area (Å²) >= 11 is 0. The number of carbonyl (C=O) groups excluding carboxylic acids is 1. The van der Waals surface area contributed by atoms with Crippen LogP contribution in [0.25, 0.3) is 0 Å². The number of carboxylic acid groups (broad SMARTS) is 1. The van der Waals surface area contributed by atoms with E-state index in [-0.39, 0.29) is 25.7 Å². The summed E-state index contributed by atoms with van der Waals surface area (Å²) in [5.41, 5.74) is 5.83. The summed E-state index contributed by atoms with van der Waals surface area (Å²) in [6.07, 6.45) is -1.08. The molecule has 0 spiro atoms. The van der Waals surface area contributed by atoms with Gasteiger partial charge in [0.15, 0.2) is 0 Å². The van der Waals surface area contributed by atoms with E-state index in [1.807, 2.05) is 0 Å². The first kappa shape index (κ1) is 14.3. The summed E-state index contributed by atoms with van der Waals surface area (Å²) < 4.78 is 10.4. The fraction of sp³-hybridized carbons (Fsp3) is 0.385. The van der Waals surface area contributed by atoms with Crippen molar-refractivity contribution in [2.45, 2.75) is 6.10 Å². The van der Waals surface area contributed by atoms with Gasteiger partial charge < -0.3 is 25.2 Å². The molecule has 0 saturated heterocycles. The Bertz CT molecular complexity index is 505.